The maximum absolute atomic E-state index is 13.0. The van der Waals surface area contributed by atoms with E-state index in [0.717, 1.165) is 5.52 Å². The van der Waals surface area contributed by atoms with Gasteiger partial charge in [0.1, 0.15) is 11.3 Å². The molecule has 0 fully saturated rings. The van der Waals surface area contributed by atoms with E-state index in [0.29, 0.717) is 22.7 Å². The van der Waals surface area contributed by atoms with Crippen LogP contribution in [0.4, 0.5) is 10.1 Å². The van der Waals surface area contributed by atoms with Crippen LogP contribution in [-0.4, -0.2) is 10.9 Å². The third-order valence-corrected chi connectivity index (χ3v) is 3.13. The minimum Gasteiger partial charge on any atom is -0.437 e. The van der Waals surface area contributed by atoms with E-state index in [-0.39, 0.29) is 11.7 Å². The van der Waals surface area contributed by atoms with Gasteiger partial charge in [-0.25, -0.2) is 9.37 Å². The number of halogens is 1. The summed E-state index contributed by atoms with van der Waals surface area (Å²) in [6, 6.07) is 11.5. The number of oxazole rings is 1. The second-order valence-corrected chi connectivity index (χ2v) is 4.80. The molecular formula is C17H13FN2O2. The van der Waals surface area contributed by atoms with Crippen LogP contribution in [0.25, 0.3) is 17.2 Å². The van der Waals surface area contributed by atoms with Crippen molar-refractivity contribution in [3.8, 4) is 0 Å². The van der Waals surface area contributed by atoms with Crippen LogP contribution in [0.1, 0.15) is 11.5 Å². The molecule has 3 aromatic rings. The molecule has 0 spiro atoms. The standard InChI is InChI=1S/C17H13FN2O2/c1-11-10-12(18)6-7-13(11)19-16(21)8-9-17-20-14-4-2-3-5-15(14)22-17/h2-10H,1H3,(H,19,21)/b9-8+. The molecule has 2 aromatic carbocycles. The molecule has 1 aromatic heterocycles. The normalized spacial score (nSPS) is 11.2. The number of fused-ring (bicyclic) bond motifs is 1. The van der Waals surface area contributed by atoms with Gasteiger partial charge in [0, 0.05) is 17.8 Å². The first-order chi connectivity index (χ1) is 10.6. The highest BCUT2D eigenvalue weighted by Crippen LogP contribution is 2.17. The minimum absolute atomic E-state index is 0.336. The lowest BCUT2D eigenvalue weighted by Crippen LogP contribution is -2.09. The molecule has 3 rings (SSSR count). The van der Waals surface area contributed by atoms with Crippen molar-refractivity contribution in [1.82, 2.24) is 4.98 Å². The van der Waals surface area contributed by atoms with Gasteiger partial charge in [-0.05, 0) is 42.8 Å². The number of para-hydroxylation sites is 2. The van der Waals surface area contributed by atoms with E-state index >= 15 is 0 Å². The number of amides is 1. The molecule has 1 heterocycles. The highest BCUT2D eigenvalue weighted by Gasteiger charge is 2.05. The summed E-state index contributed by atoms with van der Waals surface area (Å²) < 4.78 is 18.5. The Morgan fingerprint density at radius 2 is 2.09 bits per heavy atom. The number of carbonyl (C=O) groups excluding carboxylic acids is 1. The topological polar surface area (TPSA) is 55.1 Å². The maximum Gasteiger partial charge on any atom is 0.248 e. The third kappa shape index (κ3) is 3.03. The molecule has 1 amide bonds. The van der Waals surface area contributed by atoms with E-state index < -0.39 is 0 Å². The predicted octanol–water partition coefficient (Wildman–Crippen LogP) is 3.93. The second-order valence-electron chi connectivity index (χ2n) is 4.80. The summed E-state index contributed by atoms with van der Waals surface area (Å²) in [5.41, 5.74) is 2.62. The minimum atomic E-state index is -0.336. The Hall–Kier alpha value is -2.95. The van der Waals surface area contributed by atoms with Gasteiger partial charge in [-0.2, -0.15) is 0 Å². The first-order valence-corrected chi connectivity index (χ1v) is 6.72. The zero-order valence-electron chi connectivity index (χ0n) is 11.8. The molecule has 22 heavy (non-hydrogen) atoms. The van der Waals surface area contributed by atoms with Crippen LogP contribution in [-0.2, 0) is 4.79 Å². The van der Waals surface area contributed by atoms with Gasteiger partial charge in [-0.15, -0.1) is 0 Å². The maximum atomic E-state index is 13.0. The molecule has 0 aliphatic heterocycles. The second kappa shape index (κ2) is 5.81. The number of hydrogen-bond acceptors (Lipinski definition) is 3. The molecule has 0 unspecified atom stereocenters. The van der Waals surface area contributed by atoms with Crippen molar-refractivity contribution in [2.24, 2.45) is 0 Å². The van der Waals surface area contributed by atoms with Gasteiger partial charge >= 0.3 is 0 Å². The number of carbonyl (C=O) groups is 1. The van der Waals surface area contributed by atoms with Crippen molar-refractivity contribution in [1.29, 1.82) is 0 Å². The lowest BCUT2D eigenvalue weighted by Gasteiger charge is -2.05. The Bertz CT molecular complexity index is 835. The van der Waals surface area contributed by atoms with Crippen LogP contribution in [0, 0.1) is 12.7 Å². The van der Waals surface area contributed by atoms with Crippen molar-refractivity contribution >= 4 is 28.8 Å². The van der Waals surface area contributed by atoms with Crippen LogP contribution >= 0.6 is 0 Å². The summed E-state index contributed by atoms with van der Waals surface area (Å²) >= 11 is 0. The SMILES string of the molecule is Cc1cc(F)ccc1NC(=O)/C=C/c1nc2ccccc2o1. The molecule has 110 valence electrons. The number of benzene rings is 2. The van der Waals surface area contributed by atoms with Crippen molar-refractivity contribution in [3.63, 3.8) is 0 Å². The molecule has 4 nitrogen and oxygen atoms in total. The number of aryl methyl sites for hydroxylation is 1. The average molecular weight is 296 g/mol. The Morgan fingerprint density at radius 3 is 2.86 bits per heavy atom. The molecule has 0 radical (unpaired) electrons. The van der Waals surface area contributed by atoms with Crippen molar-refractivity contribution in [3.05, 3.63) is 65.8 Å². The number of anilines is 1. The van der Waals surface area contributed by atoms with Crippen LogP contribution in [0.3, 0.4) is 0 Å². The predicted molar refractivity (Wildman–Crippen MR) is 82.8 cm³/mol. The Labute approximate surface area is 126 Å². The highest BCUT2D eigenvalue weighted by atomic mass is 19.1. The van der Waals surface area contributed by atoms with Crippen LogP contribution in [0.5, 0.6) is 0 Å². The number of nitrogens with zero attached hydrogens (tertiary/aromatic N) is 1. The molecule has 5 heteroatoms. The van der Waals surface area contributed by atoms with E-state index in [9.17, 15) is 9.18 Å². The number of rotatable bonds is 3. The lowest BCUT2D eigenvalue weighted by molar-refractivity contribution is -0.111. The highest BCUT2D eigenvalue weighted by molar-refractivity contribution is 6.02. The van der Waals surface area contributed by atoms with Gasteiger partial charge in [-0.3, -0.25) is 4.79 Å². The van der Waals surface area contributed by atoms with E-state index in [1.54, 1.807) is 6.92 Å². The lowest BCUT2D eigenvalue weighted by atomic mass is 10.2. The fourth-order valence-corrected chi connectivity index (χ4v) is 2.05. The zero-order valence-corrected chi connectivity index (χ0v) is 11.8. The summed E-state index contributed by atoms with van der Waals surface area (Å²) in [5, 5.41) is 2.68. The van der Waals surface area contributed by atoms with Crippen LogP contribution < -0.4 is 5.32 Å². The third-order valence-electron chi connectivity index (χ3n) is 3.13. The fraction of sp³-hybridized carbons (Fsp3) is 0.0588. The number of hydrogen-bond donors (Lipinski definition) is 1. The van der Waals surface area contributed by atoms with Crippen LogP contribution in [0.15, 0.2) is 53.0 Å². The number of nitrogens with one attached hydrogen (secondary N) is 1. The summed E-state index contributed by atoms with van der Waals surface area (Å²) in [5.74, 6) is -0.318. The average Bonchev–Trinajstić information content (AvgIpc) is 2.91. The summed E-state index contributed by atoms with van der Waals surface area (Å²) in [7, 11) is 0. The first kappa shape index (κ1) is 14.0. The van der Waals surface area contributed by atoms with Crippen molar-refractivity contribution < 1.29 is 13.6 Å². The van der Waals surface area contributed by atoms with Gasteiger partial charge in [0.25, 0.3) is 0 Å². The molecule has 0 aliphatic carbocycles. The largest absolute Gasteiger partial charge is 0.437 e. The van der Waals surface area contributed by atoms with E-state index in [1.807, 2.05) is 24.3 Å². The molecule has 0 saturated carbocycles. The monoisotopic (exact) mass is 296 g/mol. The Balaban J connectivity index is 1.73. The van der Waals surface area contributed by atoms with Gasteiger partial charge in [-0.1, -0.05) is 12.1 Å². The molecule has 0 aliphatic rings. The Morgan fingerprint density at radius 1 is 1.27 bits per heavy atom. The smallest absolute Gasteiger partial charge is 0.248 e. The van der Waals surface area contributed by atoms with Crippen molar-refractivity contribution in [2.45, 2.75) is 6.92 Å². The summed E-state index contributed by atoms with van der Waals surface area (Å²) in [6.45, 7) is 1.73. The molecule has 0 saturated heterocycles. The quantitative estimate of drug-likeness (QED) is 0.745. The molecule has 0 atom stereocenters. The fourth-order valence-electron chi connectivity index (χ4n) is 2.05. The molecular weight excluding hydrogens is 283 g/mol. The zero-order chi connectivity index (χ0) is 15.5. The van der Waals surface area contributed by atoms with Crippen molar-refractivity contribution in [2.75, 3.05) is 5.32 Å². The summed E-state index contributed by atoms with van der Waals surface area (Å²) in [4.78, 5) is 16.1. The van der Waals surface area contributed by atoms with E-state index in [2.05, 4.69) is 10.3 Å². The molecule has 0 bridgehead atoms. The van der Waals surface area contributed by atoms with Crippen LogP contribution in [0.2, 0.25) is 0 Å². The van der Waals surface area contributed by atoms with Gasteiger partial charge in [0.15, 0.2) is 5.58 Å². The van der Waals surface area contributed by atoms with Gasteiger partial charge in [0.2, 0.25) is 11.8 Å². The Kier molecular flexibility index (Phi) is 3.70. The first-order valence-electron chi connectivity index (χ1n) is 6.72. The van der Waals surface area contributed by atoms with E-state index in [4.69, 9.17) is 4.42 Å². The van der Waals surface area contributed by atoms with Gasteiger partial charge < -0.3 is 9.73 Å². The van der Waals surface area contributed by atoms with E-state index in [1.165, 1.54) is 30.4 Å². The number of aromatic nitrogens is 1. The molecule has 1 N–H and O–H groups in total. The van der Waals surface area contributed by atoms with Gasteiger partial charge in [0.05, 0.1) is 0 Å². The summed E-state index contributed by atoms with van der Waals surface area (Å²) in [6.07, 6.45) is 2.82.